The molecule has 6 nitrogen and oxygen atoms in total. The first-order chi connectivity index (χ1) is 5.46. The molecule has 1 rings (SSSR count). The molecule has 1 fully saturated rings. The van der Waals surface area contributed by atoms with E-state index in [-0.39, 0.29) is 0 Å². The largest absolute Gasteiger partial charge is 0.387 e. The van der Waals surface area contributed by atoms with Crippen LogP contribution in [-0.2, 0) is 0 Å². The van der Waals surface area contributed by atoms with Crippen LogP contribution in [0.4, 0.5) is 0 Å². The number of rotatable bonds is 0. The first-order valence-electron chi connectivity index (χ1n) is 3.70. The zero-order chi connectivity index (χ0) is 9.46. The highest BCUT2D eigenvalue weighted by molar-refractivity contribution is 4.97. The predicted molar refractivity (Wildman–Crippen MR) is 36.7 cm³/mol. The highest BCUT2D eigenvalue weighted by atomic mass is 16.4. The van der Waals surface area contributed by atoms with E-state index in [1.165, 1.54) is 0 Å². The molecule has 0 heterocycles. The summed E-state index contributed by atoms with van der Waals surface area (Å²) < 4.78 is 0. The molecule has 12 heavy (non-hydrogen) atoms. The summed E-state index contributed by atoms with van der Waals surface area (Å²) in [6.07, 6.45) is -7.04. The van der Waals surface area contributed by atoms with E-state index >= 15 is 0 Å². The molecule has 6 atom stereocenters. The molecule has 0 aromatic carbocycles. The van der Waals surface area contributed by atoms with E-state index in [9.17, 15) is 0 Å². The second kappa shape index (κ2) is 3.25. The summed E-state index contributed by atoms with van der Waals surface area (Å²) in [5, 5.41) is 45.6. The van der Waals surface area contributed by atoms with Gasteiger partial charge in [0.15, 0.2) is 0 Å². The molecular weight excluding hydrogens is 166 g/mol. The molecular formula is C6H14NO5+. The highest BCUT2D eigenvalue weighted by Crippen LogP contribution is 2.18. The molecule has 1 aliphatic rings. The topological polar surface area (TPSA) is 129 Å². The van der Waals surface area contributed by atoms with Gasteiger partial charge in [0.1, 0.15) is 36.6 Å². The zero-order valence-electron chi connectivity index (χ0n) is 6.41. The van der Waals surface area contributed by atoms with Crippen molar-refractivity contribution in [2.24, 2.45) is 0 Å². The summed E-state index contributed by atoms with van der Waals surface area (Å²) >= 11 is 0. The second-order valence-corrected chi connectivity index (χ2v) is 3.12. The van der Waals surface area contributed by atoms with Crippen molar-refractivity contribution >= 4 is 0 Å². The Labute approximate surface area is 68.9 Å². The van der Waals surface area contributed by atoms with E-state index in [4.69, 9.17) is 25.5 Å². The Balaban J connectivity index is 2.76. The van der Waals surface area contributed by atoms with Crippen LogP contribution in [0.2, 0.25) is 0 Å². The van der Waals surface area contributed by atoms with Gasteiger partial charge in [0, 0.05) is 0 Å². The van der Waals surface area contributed by atoms with Crippen molar-refractivity contribution in [3.05, 3.63) is 0 Å². The summed E-state index contributed by atoms with van der Waals surface area (Å²) in [7, 11) is 0. The molecule has 0 aromatic rings. The quantitative estimate of drug-likeness (QED) is 0.223. The Hall–Kier alpha value is -0.240. The minimum absolute atomic E-state index is 0.890. The number of hydrogen-bond donors (Lipinski definition) is 6. The maximum atomic E-state index is 9.16. The third kappa shape index (κ3) is 1.33. The summed E-state index contributed by atoms with van der Waals surface area (Å²) in [6.45, 7) is 0. The van der Waals surface area contributed by atoms with Gasteiger partial charge < -0.3 is 31.3 Å². The van der Waals surface area contributed by atoms with E-state index in [0.717, 1.165) is 0 Å². The molecule has 2 unspecified atom stereocenters. The minimum atomic E-state index is -1.52. The normalized spacial score (nSPS) is 55.5. The van der Waals surface area contributed by atoms with E-state index in [1.807, 2.05) is 0 Å². The Morgan fingerprint density at radius 1 is 0.583 bits per heavy atom. The lowest BCUT2D eigenvalue weighted by molar-refractivity contribution is -0.474. The molecule has 1 saturated carbocycles. The molecule has 6 heteroatoms. The van der Waals surface area contributed by atoms with Crippen LogP contribution in [0.15, 0.2) is 0 Å². The van der Waals surface area contributed by atoms with E-state index in [2.05, 4.69) is 5.73 Å². The third-order valence-electron chi connectivity index (χ3n) is 2.28. The van der Waals surface area contributed by atoms with Crippen LogP contribution >= 0.6 is 0 Å². The molecule has 0 bridgehead atoms. The molecule has 0 amide bonds. The average Bonchev–Trinajstić information content (AvgIpc) is 2.08. The Bertz CT molecular complexity index is 107. The van der Waals surface area contributed by atoms with Crippen molar-refractivity contribution in [3.8, 4) is 0 Å². The van der Waals surface area contributed by atoms with E-state index < -0.39 is 36.6 Å². The van der Waals surface area contributed by atoms with Crippen molar-refractivity contribution < 1.29 is 31.3 Å². The summed E-state index contributed by atoms with van der Waals surface area (Å²) in [4.78, 5) is 0. The van der Waals surface area contributed by atoms with Gasteiger partial charge >= 0.3 is 0 Å². The maximum Gasteiger partial charge on any atom is 0.142 e. The lowest BCUT2D eigenvalue weighted by atomic mass is 9.84. The zero-order valence-corrected chi connectivity index (χ0v) is 6.41. The lowest BCUT2D eigenvalue weighted by Crippen LogP contribution is -2.80. The molecule has 0 aliphatic heterocycles. The van der Waals surface area contributed by atoms with Gasteiger partial charge in [-0.1, -0.05) is 0 Å². The lowest BCUT2D eigenvalue weighted by Gasteiger charge is -2.37. The SMILES string of the molecule is [NH3+]C1[C@@H](O)[C@H](O)C(O)[C@H](O)[C@H]1O. The molecule has 0 saturated heterocycles. The summed E-state index contributed by atoms with van der Waals surface area (Å²) in [5.41, 5.74) is 3.36. The molecule has 8 N–H and O–H groups in total. The highest BCUT2D eigenvalue weighted by Gasteiger charge is 2.48. The first kappa shape index (κ1) is 9.85. The predicted octanol–water partition coefficient (Wildman–Crippen LogP) is -4.58. The summed E-state index contributed by atoms with van der Waals surface area (Å²) in [5.74, 6) is 0. The monoisotopic (exact) mass is 180 g/mol. The van der Waals surface area contributed by atoms with Crippen LogP contribution in [-0.4, -0.2) is 62.1 Å². The van der Waals surface area contributed by atoms with Crippen molar-refractivity contribution in [2.75, 3.05) is 0 Å². The molecule has 1 aliphatic carbocycles. The van der Waals surface area contributed by atoms with Gasteiger partial charge in [-0.2, -0.15) is 0 Å². The van der Waals surface area contributed by atoms with Crippen molar-refractivity contribution in [1.82, 2.24) is 0 Å². The number of quaternary nitrogens is 1. The molecule has 0 radical (unpaired) electrons. The first-order valence-corrected chi connectivity index (χ1v) is 3.70. The fourth-order valence-electron chi connectivity index (χ4n) is 1.31. The van der Waals surface area contributed by atoms with Crippen molar-refractivity contribution in [1.29, 1.82) is 0 Å². The smallest absolute Gasteiger partial charge is 0.142 e. The Morgan fingerprint density at radius 2 is 0.833 bits per heavy atom. The second-order valence-electron chi connectivity index (χ2n) is 3.12. The van der Waals surface area contributed by atoms with Crippen molar-refractivity contribution in [2.45, 2.75) is 36.6 Å². The third-order valence-corrected chi connectivity index (χ3v) is 2.28. The number of aliphatic hydroxyl groups is 5. The average molecular weight is 180 g/mol. The van der Waals surface area contributed by atoms with Crippen LogP contribution in [0.3, 0.4) is 0 Å². The standard InChI is InChI=1S/C6H13NO5/c7-1-2(8)4(10)6(12)5(11)3(1)9/h1-6,8-12H,7H2/p+1/t1?,2-,3+,4+,5-,6?. The van der Waals surface area contributed by atoms with Crippen LogP contribution in [0.5, 0.6) is 0 Å². The molecule has 72 valence electrons. The van der Waals surface area contributed by atoms with Gasteiger partial charge in [-0.15, -0.1) is 0 Å². The van der Waals surface area contributed by atoms with Gasteiger partial charge in [-0.05, 0) is 0 Å². The van der Waals surface area contributed by atoms with Gasteiger partial charge in [0.2, 0.25) is 0 Å². The fraction of sp³-hybridized carbons (Fsp3) is 1.00. The number of aliphatic hydroxyl groups excluding tert-OH is 5. The number of hydrogen-bond acceptors (Lipinski definition) is 5. The van der Waals surface area contributed by atoms with Gasteiger partial charge in [0.05, 0.1) is 0 Å². The van der Waals surface area contributed by atoms with E-state index in [0.29, 0.717) is 0 Å². The van der Waals surface area contributed by atoms with Crippen LogP contribution in [0.1, 0.15) is 0 Å². The van der Waals surface area contributed by atoms with Gasteiger partial charge in [-0.3, -0.25) is 0 Å². The Kier molecular flexibility index (Phi) is 2.67. The maximum absolute atomic E-state index is 9.16. The summed E-state index contributed by atoms with van der Waals surface area (Å²) in [6, 6.07) is -0.890. The van der Waals surface area contributed by atoms with Crippen LogP contribution in [0.25, 0.3) is 0 Å². The Morgan fingerprint density at radius 3 is 1.17 bits per heavy atom. The van der Waals surface area contributed by atoms with E-state index in [1.54, 1.807) is 0 Å². The molecule has 0 spiro atoms. The minimum Gasteiger partial charge on any atom is -0.387 e. The van der Waals surface area contributed by atoms with Crippen LogP contribution in [0, 0.1) is 0 Å². The molecule has 0 aromatic heterocycles. The van der Waals surface area contributed by atoms with Crippen LogP contribution < -0.4 is 5.73 Å². The van der Waals surface area contributed by atoms with Gasteiger partial charge in [0.25, 0.3) is 0 Å². The van der Waals surface area contributed by atoms with Gasteiger partial charge in [-0.25, -0.2) is 0 Å². The van der Waals surface area contributed by atoms with Crippen molar-refractivity contribution in [3.63, 3.8) is 0 Å². The fourth-order valence-corrected chi connectivity index (χ4v) is 1.31.